The monoisotopic (exact) mass is 283 g/mol. The van der Waals surface area contributed by atoms with Gasteiger partial charge in [-0.25, -0.2) is 14.1 Å². The number of aliphatic hydroxyl groups is 1. The van der Waals surface area contributed by atoms with Crippen molar-refractivity contribution < 1.29 is 13.7 Å². The molecule has 2 aromatic rings. The smallest absolute Gasteiger partial charge is 0.238 e. The summed E-state index contributed by atoms with van der Waals surface area (Å²) in [5.41, 5.74) is 1.31. The second kappa shape index (κ2) is 5.58. The SMILES string of the molecule is Cc1cc(F)ccc1C(O)Cn1cnc(S(C)=O)n1. The Morgan fingerprint density at radius 3 is 2.84 bits per heavy atom. The third-order valence-electron chi connectivity index (χ3n) is 2.72. The van der Waals surface area contributed by atoms with E-state index in [9.17, 15) is 13.7 Å². The minimum absolute atomic E-state index is 0.177. The third-order valence-corrected chi connectivity index (χ3v) is 3.42. The van der Waals surface area contributed by atoms with Crippen LogP contribution in [0.3, 0.4) is 0 Å². The average molecular weight is 283 g/mol. The number of hydrogen-bond acceptors (Lipinski definition) is 4. The first-order valence-electron chi connectivity index (χ1n) is 5.64. The highest BCUT2D eigenvalue weighted by molar-refractivity contribution is 7.84. The molecule has 102 valence electrons. The lowest BCUT2D eigenvalue weighted by atomic mass is 10.0. The number of hydrogen-bond donors (Lipinski definition) is 1. The number of aliphatic hydroxyl groups excluding tert-OH is 1. The van der Waals surface area contributed by atoms with Gasteiger partial charge in [-0.2, -0.15) is 0 Å². The molecule has 0 fully saturated rings. The Bertz CT molecular complexity index is 615. The molecule has 0 aliphatic carbocycles. The fraction of sp³-hybridized carbons (Fsp3) is 0.333. The second-order valence-electron chi connectivity index (χ2n) is 4.22. The molecule has 2 rings (SSSR count). The normalized spacial score (nSPS) is 14.3. The minimum atomic E-state index is -1.25. The number of rotatable bonds is 4. The van der Waals surface area contributed by atoms with E-state index in [2.05, 4.69) is 10.1 Å². The zero-order valence-corrected chi connectivity index (χ0v) is 11.4. The second-order valence-corrected chi connectivity index (χ2v) is 5.49. The van der Waals surface area contributed by atoms with Gasteiger partial charge in [-0.15, -0.1) is 5.10 Å². The molecule has 0 saturated heterocycles. The fourth-order valence-corrected chi connectivity index (χ4v) is 2.20. The molecule has 1 aromatic heterocycles. The topological polar surface area (TPSA) is 68.0 Å². The average Bonchev–Trinajstić information content (AvgIpc) is 2.77. The Balaban J connectivity index is 2.15. The molecule has 1 heterocycles. The van der Waals surface area contributed by atoms with Crippen LogP contribution >= 0.6 is 0 Å². The molecule has 5 nitrogen and oxygen atoms in total. The van der Waals surface area contributed by atoms with Crippen LogP contribution < -0.4 is 0 Å². The highest BCUT2D eigenvalue weighted by atomic mass is 32.2. The molecule has 2 unspecified atom stereocenters. The first-order chi connectivity index (χ1) is 8.97. The summed E-state index contributed by atoms with van der Waals surface area (Å²) in [4.78, 5) is 3.88. The summed E-state index contributed by atoms with van der Waals surface area (Å²) in [5, 5.41) is 14.3. The van der Waals surface area contributed by atoms with Crippen LogP contribution in [0.5, 0.6) is 0 Å². The van der Waals surface area contributed by atoms with Crippen LogP contribution in [0, 0.1) is 12.7 Å². The number of halogens is 1. The van der Waals surface area contributed by atoms with Crippen molar-refractivity contribution >= 4 is 10.8 Å². The predicted molar refractivity (Wildman–Crippen MR) is 68.5 cm³/mol. The summed E-state index contributed by atoms with van der Waals surface area (Å²) in [5.74, 6) is -0.335. The van der Waals surface area contributed by atoms with Gasteiger partial charge in [0.2, 0.25) is 5.16 Å². The van der Waals surface area contributed by atoms with Gasteiger partial charge in [-0.05, 0) is 30.2 Å². The first-order valence-corrected chi connectivity index (χ1v) is 7.20. The number of nitrogens with zero attached hydrogens (tertiary/aromatic N) is 3. The lowest BCUT2D eigenvalue weighted by molar-refractivity contribution is 0.150. The standard InChI is InChI=1S/C12H14FN3O2S/c1-8-5-9(13)3-4-10(8)11(17)6-16-7-14-12(15-16)19(2)18/h3-5,7,11,17H,6H2,1-2H3. The predicted octanol–water partition coefficient (Wildman–Crippen LogP) is 1.20. The van der Waals surface area contributed by atoms with Crippen molar-refractivity contribution in [1.29, 1.82) is 0 Å². The van der Waals surface area contributed by atoms with Gasteiger partial charge in [-0.3, -0.25) is 4.21 Å². The van der Waals surface area contributed by atoms with Crippen molar-refractivity contribution in [3.8, 4) is 0 Å². The van der Waals surface area contributed by atoms with Gasteiger partial charge in [0, 0.05) is 6.26 Å². The Hall–Kier alpha value is -1.60. The summed E-state index contributed by atoms with van der Waals surface area (Å²) in [6.07, 6.45) is 2.08. The Morgan fingerprint density at radius 1 is 1.53 bits per heavy atom. The molecular weight excluding hydrogens is 269 g/mol. The molecule has 1 N–H and O–H groups in total. The minimum Gasteiger partial charge on any atom is -0.386 e. The van der Waals surface area contributed by atoms with Crippen molar-refractivity contribution in [2.45, 2.75) is 24.7 Å². The summed E-state index contributed by atoms with van der Waals surface area (Å²) in [6.45, 7) is 1.91. The van der Waals surface area contributed by atoms with E-state index in [1.807, 2.05) is 0 Å². The quantitative estimate of drug-likeness (QED) is 0.915. The Kier molecular flexibility index (Phi) is 4.06. The molecule has 0 radical (unpaired) electrons. The molecule has 2 atom stereocenters. The molecule has 7 heteroatoms. The van der Waals surface area contributed by atoms with Gasteiger partial charge in [0.05, 0.1) is 23.4 Å². The maximum atomic E-state index is 13.0. The van der Waals surface area contributed by atoms with Crippen LogP contribution in [0.15, 0.2) is 29.7 Å². The van der Waals surface area contributed by atoms with Crippen molar-refractivity contribution in [3.05, 3.63) is 41.5 Å². The van der Waals surface area contributed by atoms with Crippen LogP contribution in [0.2, 0.25) is 0 Å². The molecule has 0 aliphatic rings. The fourth-order valence-electron chi connectivity index (χ4n) is 1.79. The van der Waals surface area contributed by atoms with Crippen LogP contribution in [-0.2, 0) is 17.3 Å². The van der Waals surface area contributed by atoms with E-state index in [-0.39, 0.29) is 17.5 Å². The van der Waals surface area contributed by atoms with Crippen LogP contribution in [-0.4, -0.2) is 30.3 Å². The van der Waals surface area contributed by atoms with Crippen LogP contribution in [0.1, 0.15) is 17.2 Å². The van der Waals surface area contributed by atoms with Gasteiger partial charge in [0.25, 0.3) is 0 Å². The zero-order chi connectivity index (χ0) is 14.0. The Labute approximate surface area is 112 Å². The van der Waals surface area contributed by atoms with E-state index < -0.39 is 16.9 Å². The first kappa shape index (κ1) is 13.8. The zero-order valence-electron chi connectivity index (χ0n) is 10.6. The van der Waals surface area contributed by atoms with Gasteiger partial charge in [0.1, 0.15) is 12.1 Å². The summed E-state index contributed by atoms with van der Waals surface area (Å²) in [6, 6.07) is 4.22. The molecule has 0 aliphatic heterocycles. The van der Waals surface area contributed by atoms with E-state index in [4.69, 9.17) is 0 Å². The highest BCUT2D eigenvalue weighted by Crippen LogP contribution is 2.20. The molecule has 0 spiro atoms. The number of aromatic nitrogens is 3. The number of aryl methyl sites for hydroxylation is 1. The van der Waals surface area contributed by atoms with Gasteiger partial charge in [-0.1, -0.05) is 6.07 Å². The van der Waals surface area contributed by atoms with E-state index >= 15 is 0 Å². The molecular formula is C12H14FN3O2S. The van der Waals surface area contributed by atoms with E-state index in [1.165, 1.54) is 29.4 Å². The van der Waals surface area contributed by atoms with Gasteiger partial charge < -0.3 is 5.11 Å². The van der Waals surface area contributed by atoms with E-state index in [1.54, 1.807) is 13.0 Å². The van der Waals surface area contributed by atoms with Crippen molar-refractivity contribution in [1.82, 2.24) is 14.8 Å². The maximum Gasteiger partial charge on any atom is 0.238 e. The van der Waals surface area contributed by atoms with Crippen molar-refractivity contribution in [2.75, 3.05) is 6.26 Å². The largest absolute Gasteiger partial charge is 0.386 e. The highest BCUT2D eigenvalue weighted by Gasteiger charge is 2.13. The van der Waals surface area contributed by atoms with Crippen molar-refractivity contribution in [2.24, 2.45) is 0 Å². The molecule has 1 aromatic carbocycles. The van der Waals surface area contributed by atoms with E-state index in [0.717, 1.165) is 0 Å². The molecule has 0 amide bonds. The van der Waals surface area contributed by atoms with E-state index in [0.29, 0.717) is 11.1 Å². The lowest BCUT2D eigenvalue weighted by Gasteiger charge is -2.13. The molecule has 19 heavy (non-hydrogen) atoms. The molecule has 0 bridgehead atoms. The van der Waals surface area contributed by atoms with Crippen molar-refractivity contribution in [3.63, 3.8) is 0 Å². The Morgan fingerprint density at radius 2 is 2.26 bits per heavy atom. The molecule has 0 saturated carbocycles. The number of benzene rings is 1. The summed E-state index contributed by atoms with van der Waals surface area (Å²) in [7, 11) is -1.25. The van der Waals surface area contributed by atoms with Crippen LogP contribution in [0.25, 0.3) is 0 Å². The van der Waals surface area contributed by atoms with Gasteiger partial charge >= 0.3 is 0 Å². The lowest BCUT2D eigenvalue weighted by Crippen LogP contribution is -2.11. The summed E-state index contributed by atoms with van der Waals surface area (Å²) < 4.78 is 25.6. The maximum absolute atomic E-state index is 13.0. The summed E-state index contributed by atoms with van der Waals surface area (Å²) >= 11 is 0. The third kappa shape index (κ3) is 3.24. The van der Waals surface area contributed by atoms with Gasteiger partial charge in [0.15, 0.2) is 0 Å². The van der Waals surface area contributed by atoms with Crippen LogP contribution in [0.4, 0.5) is 4.39 Å².